The molecule has 0 atom stereocenters. The normalized spacial score (nSPS) is 11.2. The number of aliphatic hydroxyl groups is 1. The Balaban J connectivity index is 2.00. The number of pyridine rings is 1. The molecule has 0 aliphatic carbocycles. The van der Waals surface area contributed by atoms with Crippen LogP contribution in [0.2, 0.25) is 0 Å². The Hall–Kier alpha value is -1.30. The number of aliphatic hydroxyl groups excluding tert-OH is 1. The number of rotatable bonds is 8. The van der Waals surface area contributed by atoms with Crippen molar-refractivity contribution in [2.75, 3.05) is 19.7 Å². The first kappa shape index (κ1) is 15.1. The fourth-order valence-corrected chi connectivity index (χ4v) is 2.93. The fourth-order valence-electron chi connectivity index (χ4n) is 2.00. The highest BCUT2D eigenvalue weighted by Crippen LogP contribution is 2.24. The van der Waals surface area contributed by atoms with Crippen LogP contribution >= 0.6 is 11.3 Å². The van der Waals surface area contributed by atoms with Crippen LogP contribution in [0, 0.1) is 0 Å². The summed E-state index contributed by atoms with van der Waals surface area (Å²) in [5.41, 5.74) is 0.922. The quantitative estimate of drug-likeness (QED) is 0.812. The van der Waals surface area contributed by atoms with E-state index >= 15 is 0 Å². The maximum atomic E-state index is 9.13. The Kier molecular flexibility index (Phi) is 6.11. The number of hydrogen-bond donors (Lipinski definition) is 1. The van der Waals surface area contributed by atoms with E-state index in [1.807, 2.05) is 24.4 Å². The maximum absolute atomic E-state index is 9.13. The lowest BCUT2D eigenvalue weighted by Gasteiger charge is -2.19. The van der Waals surface area contributed by atoms with Crippen LogP contribution in [-0.4, -0.2) is 39.7 Å². The Labute approximate surface area is 124 Å². The lowest BCUT2D eigenvalue weighted by molar-refractivity contribution is 0.189. The van der Waals surface area contributed by atoms with Gasteiger partial charge < -0.3 is 5.11 Å². The number of unbranched alkanes of at least 4 members (excludes halogenated alkanes) is 1. The molecule has 20 heavy (non-hydrogen) atoms. The molecule has 0 radical (unpaired) electrons. The second-order valence-corrected chi connectivity index (χ2v) is 5.82. The average Bonchev–Trinajstić information content (AvgIpc) is 2.94. The lowest BCUT2D eigenvalue weighted by Crippen LogP contribution is -2.27. The minimum Gasteiger partial charge on any atom is -0.395 e. The summed E-state index contributed by atoms with van der Waals surface area (Å²) in [5.74, 6) is 0. The van der Waals surface area contributed by atoms with Gasteiger partial charge >= 0.3 is 0 Å². The fraction of sp³-hybridized carbons (Fsp3) is 0.467. The van der Waals surface area contributed by atoms with Crippen LogP contribution in [0.4, 0.5) is 0 Å². The largest absolute Gasteiger partial charge is 0.395 e. The van der Waals surface area contributed by atoms with Crippen LogP contribution in [0.25, 0.3) is 10.7 Å². The van der Waals surface area contributed by atoms with E-state index in [4.69, 9.17) is 5.11 Å². The van der Waals surface area contributed by atoms with Crippen molar-refractivity contribution >= 4 is 11.3 Å². The summed E-state index contributed by atoms with van der Waals surface area (Å²) in [6, 6.07) is 5.86. The topological polar surface area (TPSA) is 49.2 Å². The van der Waals surface area contributed by atoms with Gasteiger partial charge in [-0.25, -0.2) is 4.98 Å². The number of hydrogen-bond acceptors (Lipinski definition) is 5. The molecule has 4 nitrogen and oxygen atoms in total. The highest BCUT2D eigenvalue weighted by molar-refractivity contribution is 7.14. The monoisotopic (exact) mass is 291 g/mol. The van der Waals surface area contributed by atoms with Gasteiger partial charge in [0, 0.05) is 30.4 Å². The molecule has 0 aromatic carbocycles. The Morgan fingerprint density at radius 3 is 2.85 bits per heavy atom. The van der Waals surface area contributed by atoms with Gasteiger partial charge in [-0.1, -0.05) is 19.4 Å². The van der Waals surface area contributed by atoms with Crippen LogP contribution in [0.15, 0.2) is 30.6 Å². The summed E-state index contributed by atoms with van der Waals surface area (Å²) < 4.78 is 0. The van der Waals surface area contributed by atoms with Crippen molar-refractivity contribution in [3.8, 4) is 10.7 Å². The zero-order valence-electron chi connectivity index (χ0n) is 11.8. The van der Waals surface area contributed by atoms with Crippen LogP contribution in [0.1, 0.15) is 24.6 Å². The van der Waals surface area contributed by atoms with Crippen molar-refractivity contribution < 1.29 is 5.11 Å². The minimum absolute atomic E-state index is 0.204. The highest BCUT2D eigenvalue weighted by Gasteiger charge is 2.09. The summed E-state index contributed by atoms with van der Waals surface area (Å²) in [5, 5.41) is 10.1. The summed E-state index contributed by atoms with van der Waals surface area (Å²) in [7, 11) is 0. The summed E-state index contributed by atoms with van der Waals surface area (Å²) in [6.45, 7) is 4.98. The first-order chi connectivity index (χ1) is 9.83. The van der Waals surface area contributed by atoms with Crippen molar-refractivity contribution in [2.45, 2.75) is 26.3 Å². The standard InChI is InChI=1S/C15H21N3OS/c1-2-3-8-18(9-10-19)12-13-11-17-15(20-13)14-6-4-5-7-16-14/h4-7,11,19H,2-3,8-10,12H2,1H3. The van der Waals surface area contributed by atoms with Gasteiger partial charge in [-0.3, -0.25) is 9.88 Å². The maximum Gasteiger partial charge on any atom is 0.142 e. The van der Waals surface area contributed by atoms with E-state index in [9.17, 15) is 0 Å². The Morgan fingerprint density at radius 2 is 2.15 bits per heavy atom. The van der Waals surface area contributed by atoms with E-state index in [-0.39, 0.29) is 6.61 Å². The lowest BCUT2D eigenvalue weighted by atomic mass is 10.3. The van der Waals surface area contributed by atoms with Gasteiger partial charge in [0.1, 0.15) is 5.01 Å². The molecule has 0 fully saturated rings. The molecular weight excluding hydrogens is 270 g/mol. The predicted molar refractivity (Wildman–Crippen MR) is 82.6 cm³/mol. The summed E-state index contributed by atoms with van der Waals surface area (Å²) >= 11 is 1.68. The zero-order chi connectivity index (χ0) is 14.2. The smallest absolute Gasteiger partial charge is 0.142 e. The van der Waals surface area contributed by atoms with E-state index in [0.29, 0.717) is 0 Å². The van der Waals surface area contributed by atoms with Gasteiger partial charge in [-0.05, 0) is 25.1 Å². The van der Waals surface area contributed by atoms with Crippen LogP contribution < -0.4 is 0 Å². The van der Waals surface area contributed by atoms with Crippen molar-refractivity contribution in [3.63, 3.8) is 0 Å². The van der Waals surface area contributed by atoms with Gasteiger partial charge in [0.05, 0.1) is 12.3 Å². The molecule has 108 valence electrons. The van der Waals surface area contributed by atoms with Gasteiger partial charge in [-0.2, -0.15) is 0 Å². The van der Waals surface area contributed by atoms with E-state index in [2.05, 4.69) is 21.8 Å². The molecule has 0 saturated carbocycles. The van der Waals surface area contributed by atoms with Gasteiger partial charge in [0.25, 0.3) is 0 Å². The average molecular weight is 291 g/mol. The number of aromatic nitrogens is 2. The molecule has 2 aromatic rings. The van der Waals surface area contributed by atoms with Gasteiger partial charge in [-0.15, -0.1) is 11.3 Å². The third-order valence-electron chi connectivity index (χ3n) is 3.06. The van der Waals surface area contributed by atoms with E-state index < -0.39 is 0 Å². The second-order valence-electron chi connectivity index (χ2n) is 4.70. The molecule has 2 aromatic heterocycles. The SMILES string of the molecule is CCCCN(CCO)Cc1cnc(-c2ccccn2)s1. The van der Waals surface area contributed by atoms with Crippen molar-refractivity contribution in [3.05, 3.63) is 35.5 Å². The van der Waals surface area contributed by atoms with Crippen LogP contribution in [-0.2, 0) is 6.54 Å². The molecule has 0 aliphatic heterocycles. The van der Waals surface area contributed by atoms with Crippen LogP contribution in [0.5, 0.6) is 0 Å². The summed E-state index contributed by atoms with van der Waals surface area (Å²) in [4.78, 5) is 12.3. The molecule has 0 bridgehead atoms. The molecule has 0 amide bonds. The first-order valence-electron chi connectivity index (χ1n) is 7.02. The predicted octanol–water partition coefficient (Wildman–Crippen LogP) is 2.80. The second kappa shape index (κ2) is 8.09. The Morgan fingerprint density at radius 1 is 1.25 bits per heavy atom. The van der Waals surface area contributed by atoms with E-state index in [1.165, 1.54) is 11.3 Å². The number of thiazole rings is 1. The minimum atomic E-state index is 0.204. The van der Waals surface area contributed by atoms with E-state index in [1.54, 1.807) is 17.5 Å². The third-order valence-corrected chi connectivity index (χ3v) is 4.07. The molecular formula is C15H21N3OS. The molecule has 0 spiro atoms. The third kappa shape index (κ3) is 4.37. The van der Waals surface area contributed by atoms with E-state index in [0.717, 1.165) is 36.8 Å². The first-order valence-corrected chi connectivity index (χ1v) is 7.84. The summed E-state index contributed by atoms with van der Waals surface area (Å²) in [6.07, 6.45) is 6.04. The van der Waals surface area contributed by atoms with Crippen molar-refractivity contribution in [1.82, 2.24) is 14.9 Å². The van der Waals surface area contributed by atoms with Crippen molar-refractivity contribution in [1.29, 1.82) is 0 Å². The molecule has 2 heterocycles. The molecule has 0 unspecified atom stereocenters. The van der Waals surface area contributed by atoms with Crippen LogP contribution in [0.3, 0.4) is 0 Å². The molecule has 5 heteroatoms. The molecule has 0 aliphatic rings. The van der Waals surface area contributed by atoms with Gasteiger partial charge in [0.15, 0.2) is 0 Å². The Bertz CT molecular complexity index is 501. The molecule has 2 rings (SSSR count). The van der Waals surface area contributed by atoms with Gasteiger partial charge in [0.2, 0.25) is 0 Å². The zero-order valence-corrected chi connectivity index (χ0v) is 12.6. The number of nitrogens with zero attached hydrogens (tertiary/aromatic N) is 3. The molecule has 1 N–H and O–H groups in total. The molecule has 0 saturated heterocycles. The highest BCUT2D eigenvalue weighted by atomic mass is 32.1. The van der Waals surface area contributed by atoms with Crippen molar-refractivity contribution in [2.24, 2.45) is 0 Å².